The zero-order valence-corrected chi connectivity index (χ0v) is 9.53. The van der Waals surface area contributed by atoms with E-state index in [-0.39, 0.29) is 8.80 Å². The van der Waals surface area contributed by atoms with Crippen LogP contribution >= 0.6 is 0 Å². The molecule has 0 aliphatic heterocycles. The van der Waals surface area contributed by atoms with Gasteiger partial charge in [0.1, 0.15) is 5.75 Å². The van der Waals surface area contributed by atoms with Gasteiger partial charge in [0.2, 0.25) is 0 Å². The van der Waals surface area contributed by atoms with Crippen LogP contribution in [0.3, 0.4) is 0 Å². The lowest BCUT2D eigenvalue weighted by atomic mass is 10.3. The van der Waals surface area contributed by atoms with Crippen LogP contribution in [0.25, 0.3) is 0 Å². The lowest BCUT2D eigenvalue weighted by Crippen LogP contribution is -1.84. The molecular weight excluding hydrogens is 164 g/mol. The molecule has 1 rings (SSSR count). The second-order valence-corrected chi connectivity index (χ2v) is 6.71. The quantitative estimate of drug-likeness (QED) is 0.607. The molecule has 0 bridgehead atoms. The van der Waals surface area contributed by atoms with Crippen LogP contribution in [0, 0.1) is 0 Å². The number of para-hydroxylation sites is 1. The Morgan fingerprint density at radius 3 is 1.67 bits per heavy atom. The van der Waals surface area contributed by atoms with Crippen molar-refractivity contribution in [3.8, 4) is 5.75 Å². The molecule has 0 aliphatic carbocycles. The van der Waals surface area contributed by atoms with Crippen LogP contribution in [-0.2, 0) is 0 Å². The highest BCUT2D eigenvalue weighted by Crippen LogP contribution is 2.05. The smallest absolute Gasteiger partial charge is 0.118 e. The van der Waals surface area contributed by atoms with E-state index in [0.29, 0.717) is 0 Å². The van der Waals surface area contributed by atoms with Gasteiger partial charge in [0.25, 0.3) is 0 Å². The topological polar surface area (TPSA) is 9.23 Å². The molecule has 1 aromatic carbocycles. The summed E-state index contributed by atoms with van der Waals surface area (Å²) in [5, 5.41) is 0. The highest BCUT2D eigenvalue weighted by molar-refractivity contribution is 6.54. The van der Waals surface area contributed by atoms with Gasteiger partial charge in [-0.3, -0.25) is 0 Å². The Morgan fingerprint density at radius 2 is 1.42 bits per heavy atom. The Kier molecular flexibility index (Phi) is 6.48. The number of hydrogen-bond donors (Lipinski definition) is 0. The van der Waals surface area contributed by atoms with Gasteiger partial charge in [-0.1, -0.05) is 37.8 Å². The number of rotatable bonds is 1. The van der Waals surface area contributed by atoms with Gasteiger partial charge < -0.3 is 4.74 Å². The minimum Gasteiger partial charge on any atom is -0.497 e. The minimum atomic E-state index is -0.139. The van der Waals surface area contributed by atoms with Gasteiger partial charge in [-0.15, -0.1) is 0 Å². The van der Waals surface area contributed by atoms with E-state index in [1.54, 1.807) is 7.11 Å². The molecule has 0 spiro atoms. The molecule has 2 heteroatoms. The molecule has 1 nitrogen and oxygen atoms in total. The first-order valence-corrected chi connectivity index (χ1v) is 7.72. The van der Waals surface area contributed by atoms with E-state index in [9.17, 15) is 0 Å². The van der Waals surface area contributed by atoms with Gasteiger partial charge in [0, 0.05) is 8.80 Å². The van der Waals surface area contributed by atoms with Crippen molar-refractivity contribution in [3.63, 3.8) is 0 Å². The van der Waals surface area contributed by atoms with E-state index in [1.165, 1.54) is 0 Å². The normalized spacial score (nSPS) is 8.75. The summed E-state index contributed by atoms with van der Waals surface area (Å²) in [6, 6.07) is 9.68. The van der Waals surface area contributed by atoms with E-state index in [2.05, 4.69) is 19.6 Å². The van der Waals surface area contributed by atoms with Crippen LogP contribution in [0.1, 0.15) is 0 Å². The fourth-order valence-corrected chi connectivity index (χ4v) is 0.557. The molecule has 0 N–H and O–H groups in total. The number of ether oxygens (including phenoxy) is 1. The Morgan fingerprint density at radius 1 is 1.00 bits per heavy atom. The third-order valence-electron chi connectivity index (χ3n) is 0.979. The van der Waals surface area contributed by atoms with Crippen molar-refractivity contribution in [2.75, 3.05) is 7.11 Å². The van der Waals surface area contributed by atoms with E-state index in [4.69, 9.17) is 4.74 Å². The van der Waals surface area contributed by atoms with Crippen LogP contribution in [0.15, 0.2) is 30.3 Å². The molecule has 0 saturated carbocycles. The van der Waals surface area contributed by atoms with Gasteiger partial charge in [-0.2, -0.15) is 0 Å². The Bertz CT molecular complexity index is 182. The summed E-state index contributed by atoms with van der Waals surface area (Å²) in [5.74, 6) is 0.910. The summed E-state index contributed by atoms with van der Waals surface area (Å²) in [6.07, 6.45) is 0. The predicted molar refractivity (Wildman–Crippen MR) is 57.7 cm³/mol. The zero-order valence-electron chi connectivity index (χ0n) is 8.37. The third kappa shape index (κ3) is 7.35. The van der Waals surface area contributed by atoms with Crippen LogP contribution in [0.4, 0.5) is 0 Å². The fraction of sp³-hybridized carbons (Fsp3) is 0.400. The first-order chi connectivity index (χ1) is 5.66. The first kappa shape index (κ1) is 11.2. The Balaban J connectivity index is 0.000000261. The summed E-state index contributed by atoms with van der Waals surface area (Å²) < 4.78 is 4.91. The molecule has 0 heterocycles. The van der Waals surface area contributed by atoms with Crippen LogP contribution in [0.5, 0.6) is 5.75 Å². The van der Waals surface area contributed by atoms with E-state index in [1.807, 2.05) is 30.3 Å². The van der Waals surface area contributed by atoms with Gasteiger partial charge >= 0.3 is 0 Å². The highest BCUT2D eigenvalue weighted by Gasteiger charge is 1.80. The zero-order chi connectivity index (χ0) is 9.40. The number of hydrogen-bond acceptors (Lipinski definition) is 1. The van der Waals surface area contributed by atoms with Crippen molar-refractivity contribution in [2.45, 2.75) is 19.6 Å². The maximum absolute atomic E-state index is 4.91. The molecule has 0 saturated heterocycles. The maximum atomic E-state index is 4.91. The summed E-state index contributed by atoms with van der Waals surface area (Å²) in [5.41, 5.74) is 0. The molecular formula is C10H18OSi. The largest absolute Gasteiger partial charge is 0.497 e. The Labute approximate surface area is 77.0 Å². The monoisotopic (exact) mass is 182 g/mol. The summed E-state index contributed by atoms with van der Waals surface area (Å²) in [4.78, 5) is 0. The Hall–Kier alpha value is -0.763. The van der Waals surface area contributed by atoms with Crippen molar-refractivity contribution >= 4 is 8.80 Å². The average molecular weight is 182 g/mol. The van der Waals surface area contributed by atoms with Crippen LogP contribution < -0.4 is 4.74 Å². The standard InChI is InChI=1S/C7H8O.C3H10Si/c1-8-7-5-3-2-4-6-7;1-4(2)3/h2-6H,1H3;4H,1-3H3. The molecule has 0 atom stereocenters. The molecule has 0 aliphatic rings. The SMILES string of the molecule is COc1ccccc1.C[SiH](C)C. The summed E-state index contributed by atoms with van der Waals surface area (Å²) in [7, 11) is 1.52. The van der Waals surface area contributed by atoms with Crippen molar-refractivity contribution in [3.05, 3.63) is 30.3 Å². The van der Waals surface area contributed by atoms with Gasteiger partial charge in [-0.25, -0.2) is 0 Å². The molecule has 0 fully saturated rings. The van der Waals surface area contributed by atoms with Crippen LogP contribution in [0.2, 0.25) is 19.6 Å². The molecule has 0 radical (unpaired) electrons. The maximum Gasteiger partial charge on any atom is 0.118 e. The predicted octanol–water partition coefficient (Wildman–Crippen LogP) is 2.80. The highest BCUT2D eigenvalue weighted by atomic mass is 28.3. The van der Waals surface area contributed by atoms with Crippen LogP contribution in [-0.4, -0.2) is 15.9 Å². The van der Waals surface area contributed by atoms with E-state index < -0.39 is 0 Å². The van der Waals surface area contributed by atoms with E-state index >= 15 is 0 Å². The lowest BCUT2D eigenvalue weighted by Gasteiger charge is -1.93. The second kappa shape index (κ2) is 6.92. The molecule has 0 aromatic heterocycles. The molecule has 0 unspecified atom stereocenters. The summed E-state index contributed by atoms with van der Waals surface area (Å²) >= 11 is 0. The average Bonchev–Trinajstić information content (AvgIpc) is 2.05. The molecule has 1 aromatic rings. The van der Waals surface area contributed by atoms with E-state index in [0.717, 1.165) is 5.75 Å². The van der Waals surface area contributed by atoms with Crippen molar-refractivity contribution < 1.29 is 4.74 Å². The van der Waals surface area contributed by atoms with Gasteiger partial charge in [-0.05, 0) is 12.1 Å². The van der Waals surface area contributed by atoms with Gasteiger partial charge in [0.05, 0.1) is 7.11 Å². The number of methoxy groups -OCH3 is 1. The molecule has 68 valence electrons. The van der Waals surface area contributed by atoms with Crippen molar-refractivity contribution in [2.24, 2.45) is 0 Å². The lowest BCUT2D eigenvalue weighted by molar-refractivity contribution is 0.415. The molecule has 0 amide bonds. The first-order valence-electron chi connectivity index (χ1n) is 4.26. The fourth-order valence-electron chi connectivity index (χ4n) is 0.557. The third-order valence-corrected chi connectivity index (χ3v) is 0.979. The molecule has 12 heavy (non-hydrogen) atoms. The second-order valence-electron chi connectivity index (χ2n) is 3.25. The minimum absolute atomic E-state index is 0.139. The van der Waals surface area contributed by atoms with Crippen molar-refractivity contribution in [1.82, 2.24) is 0 Å². The number of benzene rings is 1. The summed E-state index contributed by atoms with van der Waals surface area (Å²) in [6.45, 7) is 6.92. The van der Waals surface area contributed by atoms with Crippen molar-refractivity contribution in [1.29, 1.82) is 0 Å². The van der Waals surface area contributed by atoms with Gasteiger partial charge in [0.15, 0.2) is 0 Å².